The molecule has 1 saturated carbocycles. The molecule has 7 heteroatoms. The summed E-state index contributed by atoms with van der Waals surface area (Å²) in [5.74, 6) is -0.737. The van der Waals surface area contributed by atoms with Crippen molar-refractivity contribution >= 4 is 34.1 Å². The van der Waals surface area contributed by atoms with Gasteiger partial charge in [-0.15, -0.1) is 11.3 Å². The van der Waals surface area contributed by atoms with Crippen LogP contribution >= 0.6 is 11.3 Å². The first kappa shape index (κ1) is 24.3. The maximum absolute atomic E-state index is 13.9. The molecule has 1 aliphatic carbocycles. The first-order valence-electron chi connectivity index (χ1n) is 12.5. The number of carbonyl (C=O) groups excluding carboxylic acids is 2. The number of halogens is 1. The lowest BCUT2D eigenvalue weighted by Crippen LogP contribution is -2.47. The van der Waals surface area contributed by atoms with E-state index in [1.165, 1.54) is 18.6 Å². The van der Waals surface area contributed by atoms with Crippen molar-refractivity contribution < 1.29 is 14.0 Å². The van der Waals surface area contributed by atoms with Gasteiger partial charge in [-0.3, -0.25) is 9.59 Å². The molecule has 1 aliphatic rings. The molecule has 2 heterocycles. The average Bonchev–Trinajstić information content (AvgIpc) is 3.56. The van der Waals surface area contributed by atoms with Crippen molar-refractivity contribution in [3.05, 3.63) is 94.1 Å². The van der Waals surface area contributed by atoms with Crippen LogP contribution in [-0.2, 0) is 22.6 Å². The molecule has 2 aromatic carbocycles. The van der Waals surface area contributed by atoms with E-state index in [-0.39, 0.29) is 30.1 Å². The third-order valence-corrected chi connectivity index (χ3v) is 7.80. The molecular formula is C29H30FN3O2S. The molecule has 2 amide bonds. The number of H-pyrrole nitrogens is 1. The summed E-state index contributed by atoms with van der Waals surface area (Å²) < 4.78 is 13.8. The van der Waals surface area contributed by atoms with Crippen LogP contribution in [0.3, 0.4) is 0 Å². The molecule has 0 unspecified atom stereocenters. The number of para-hydroxylation sites is 1. The van der Waals surface area contributed by atoms with Gasteiger partial charge in [0, 0.05) is 28.0 Å². The third-order valence-electron chi connectivity index (χ3n) is 6.94. The lowest BCUT2D eigenvalue weighted by atomic mass is 9.94. The zero-order chi connectivity index (χ0) is 24.9. The van der Waals surface area contributed by atoms with E-state index in [2.05, 4.69) is 10.3 Å². The van der Waals surface area contributed by atoms with Gasteiger partial charge in [0.2, 0.25) is 11.8 Å². The maximum atomic E-state index is 13.9. The number of hydrogen-bond acceptors (Lipinski definition) is 3. The lowest BCUT2D eigenvalue weighted by Gasteiger charge is -2.33. The molecule has 186 valence electrons. The van der Waals surface area contributed by atoms with E-state index >= 15 is 0 Å². The lowest BCUT2D eigenvalue weighted by molar-refractivity contribution is -0.141. The first-order valence-corrected chi connectivity index (χ1v) is 13.4. The Bertz CT molecular complexity index is 1310. The summed E-state index contributed by atoms with van der Waals surface area (Å²) >= 11 is 1.55. The normalized spacial score (nSPS) is 15.0. The van der Waals surface area contributed by atoms with E-state index in [4.69, 9.17) is 0 Å². The molecule has 0 radical (unpaired) electrons. The van der Waals surface area contributed by atoms with Crippen LogP contribution in [0.25, 0.3) is 10.9 Å². The van der Waals surface area contributed by atoms with Crippen LogP contribution in [0.15, 0.2) is 72.2 Å². The SMILES string of the molecule is O=C(NC1CCCCC1)[C@@H](c1ccc(F)cc1)N(Cc1cccs1)C(=O)Cc1c[nH]c2ccccc12. The van der Waals surface area contributed by atoms with Crippen LogP contribution < -0.4 is 5.32 Å². The number of nitrogens with one attached hydrogen (secondary N) is 2. The number of rotatable bonds is 8. The van der Waals surface area contributed by atoms with Gasteiger partial charge in [0.05, 0.1) is 13.0 Å². The van der Waals surface area contributed by atoms with Gasteiger partial charge in [-0.1, -0.05) is 55.7 Å². The molecular weight excluding hydrogens is 473 g/mol. The Labute approximate surface area is 214 Å². The fraction of sp³-hybridized carbons (Fsp3) is 0.310. The number of hydrogen-bond donors (Lipinski definition) is 2. The molecule has 0 saturated heterocycles. The molecule has 0 bridgehead atoms. The van der Waals surface area contributed by atoms with Gasteiger partial charge >= 0.3 is 0 Å². The second-order valence-electron chi connectivity index (χ2n) is 9.43. The quantitative estimate of drug-likeness (QED) is 0.304. The van der Waals surface area contributed by atoms with Gasteiger partial charge in [0.15, 0.2) is 0 Å². The largest absolute Gasteiger partial charge is 0.361 e. The van der Waals surface area contributed by atoms with E-state index < -0.39 is 6.04 Å². The van der Waals surface area contributed by atoms with Crippen LogP contribution in [0.1, 0.15) is 54.1 Å². The predicted octanol–water partition coefficient (Wildman–Crippen LogP) is 6.13. The van der Waals surface area contributed by atoms with E-state index in [9.17, 15) is 14.0 Å². The molecule has 36 heavy (non-hydrogen) atoms. The monoisotopic (exact) mass is 503 g/mol. The van der Waals surface area contributed by atoms with Crippen LogP contribution in [-0.4, -0.2) is 27.7 Å². The van der Waals surface area contributed by atoms with E-state index in [0.717, 1.165) is 47.0 Å². The second kappa shape index (κ2) is 11.1. The topological polar surface area (TPSA) is 65.2 Å². The Morgan fingerprint density at radius 2 is 1.81 bits per heavy atom. The summed E-state index contributed by atoms with van der Waals surface area (Å²) in [6.45, 7) is 0.305. The number of nitrogens with zero attached hydrogens (tertiary/aromatic N) is 1. The van der Waals surface area contributed by atoms with Crippen molar-refractivity contribution in [1.29, 1.82) is 0 Å². The second-order valence-corrected chi connectivity index (χ2v) is 10.5. The van der Waals surface area contributed by atoms with Gasteiger partial charge in [-0.25, -0.2) is 4.39 Å². The standard InChI is InChI=1S/C29H30FN3O2S/c30-22-14-12-20(13-15-22)28(29(35)32-23-7-2-1-3-8-23)33(19-24-9-6-16-36-24)27(34)17-21-18-31-26-11-5-4-10-25(21)26/h4-6,9-16,18,23,28,31H,1-3,7-8,17,19H2,(H,32,35)/t28-/m1/s1. The summed E-state index contributed by atoms with van der Waals surface area (Å²) in [6, 6.07) is 17.0. The summed E-state index contributed by atoms with van der Waals surface area (Å²) in [5.41, 5.74) is 2.46. The number of thiophene rings is 1. The fourth-order valence-corrected chi connectivity index (χ4v) is 5.78. The van der Waals surface area contributed by atoms with Crippen molar-refractivity contribution in [2.45, 2.75) is 57.2 Å². The zero-order valence-electron chi connectivity index (χ0n) is 20.1. The summed E-state index contributed by atoms with van der Waals surface area (Å²) in [4.78, 5) is 33.6. The first-order chi connectivity index (χ1) is 17.6. The Balaban J connectivity index is 1.49. The highest BCUT2D eigenvalue weighted by molar-refractivity contribution is 7.09. The van der Waals surface area contributed by atoms with Crippen molar-refractivity contribution in [2.24, 2.45) is 0 Å². The van der Waals surface area contributed by atoms with Gasteiger partial charge in [-0.05, 0) is 53.6 Å². The molecule has 1 atom stereocenters. The van der Waals surface area contributed by atoms with Gasteiger partial charge < -0.3 is 15.2 Å². The minimum Gasteiger partial charge on any atom is -0.361 e. The zero-order valence-corrected chi connectivity index (χ0v) is 20.9. The van der Waals surface area contributed by atoms with Gasteiger partial charge in [-0.2, -0.15) is 0 Å². The Kier molecular flexibility index (Phi) is 7.47. The van der Waals surface area contributed by atoms with Crippen molar-refractivity contribution in [3.8, 4) is 0 Å². The molecule has 1 fully saturated rings. The number of aromatic nitrogens is 1. The number of benzene rings is 2. The van der Waals surface area contributed by atoms with Gasteiger partial charge in [0.25, 0.3) is 0 Å². The highest BCUT2D eigenvalue weighted by atomic mass is 32.1. The van der Waals surface area contributed by atoms with Crippen LogP contribution in [0.5, 0.6) is 0 Å². The van der Waals surface area contributed by atoms with Crippen LogP contribution in [0.4, 0.5) is 4.39 Å². The van der Waals surface area contributed by atoms with Gasteiger partial charge in [0.1, 0.15) is 11.9 Å². The molecule has 2 aromatic heterocycles. The number of aromatic amines is 1. The number of amides is 2. The third kappa shape index (κ3) is 5.51. The Hall–Kier alpha value is -3.45. The van der Waals surface area contributed by atoms with Crippen molar-refractivity contribution in [2.75, 3.05) is 0 Å². The van der Waals surface area contributed by atoms with Crippen LogP contribution in [0, 0.1) is 5.82 Å². The van der Waals surface area contributed by atoms with E-state index in [0.29, 0.717) is 12.1 Å². The Morgan fingerprint density at radius 1 is 1.03 bits per heavy atom. The fourth-order valence-electron chi connectivity index (χ4n) is 5.08. The predicted molar refractivity (Wildman–Crippen MR) is 141 cm³/mol. The summed E-state index contributed by atoms with van der Waals surface area (Å²) in [5, 5.41) is 6.16. The number of carbonyl (C=O) groups is 2. The minimum atomic E-state index is -0.854. The highest BCUT2D eigenvalue weighted by Gasteiger charge is 2.33. The molecule has 2 N–H and O–H groups in total. The minimum absolute atomic E-state index is 0.0986. The Morgan fingerprint density at radius 3 is 2.56 bits per heavy atom. The molecule has 0 spiro atoms. The van der Waals surface area contributed by atoms with Crippen molar-refractivity contribution in [1.82, 2.24) is 15.2 Å². The van der Waals surface area contributed by atoms with E-state index in [1.54, 1.807) is 28.4 Å². The molecule has 5 nitrogen and oxygen atoms in total. The van der Waals surface area contributed by atoms with Crippen LogP contribution in [0.2, 0.25) is 0 Å². The highest BCUT2D eigenvalue weighted by Crippen LogP contribution is 2.29. The average molecular weight is 504 g/mol. The maximum Gasteiger partial charge on any atom is 0.247 e. The molecule has 0 aliphatic heterocycles. The smallest absolute Gasteiger partial charge is 0.247 e. The number of fused-ring (bicyclic) bond motifs is 1. The molecule has 4 aromatic rings. The van der Waals surface area contributed by atoms with E-state index in [1.807, 2.05) is 48.0 Å². The van der Waals surface area contributed by atoms with Crippen molar-refractivity contribution in [3.63, 3.8) is 0 Å². The molecule has 5 rings (SSSR count). The summed E-state index contributed by atoms with van der Waals surface area (Å²) in [6.07, 6.45) is 7.26. The summed E-state index contributed by atoms with van der Waals surface area (Å²) in [7, 11) is 0.